The molecule has 0 unspecified atom stereocenters. The first kappa shape index (κ1) is 11.2. The number of hydrogen-bond donors (Lipinski definition) is 1. The summed E-state index contributed by atoms with van der Waals surface area (Å²) in [4.78, 5) is 13.9. The zero-order valence-electron chi connectivity index (χ0n) is 8.54. The van der Waals surface area contributed by atoms with Gasteiger partial charge in [-0.15, -0.1) is 0 Å². The number of benzene rings is 1. The van der Waals surface area contributed by atoms with Gasteiger partial charge in [-0.2, -0.15) is 0 Å². The van der Waals surface area contributed by atoms with Crippen LogP contribution in [0.1, 0.15) is 19.4 Å². The highest BCUT2D eigenvalue weighted by Gasteiger charge is 2.14. The Balaban J connectivity index is 3.10. The van der Waals surface area contributed by atoms with Crippen LogP contribution < -0.4 is 0 Å². The minimum Gasteiger partial charge on any atom is -0.502 e. The van der Waals surface area contributed by atoms with E-state index in [-0.39, 0.29) is 17.5 Å². The van der Waals surface area contributed by atoms with E-state index in [0.717, 1.165) is 0 Å². The van der Waals surface area contributed by atoms with Crippen LogP contribution in [0.5, 0.6) is 5.75 Å². The number of para-hydroxylation sites is 1. The molecule has 0 fully saturated rings. The highest BCUT2D eigenvalue weighted by Crippen LogP contribution is 2.27. The van der Waals surface area contributed by atoms with E-state index >= 15 is 0 Å². The Labute approximate surface area is 87.2 Å². The molecule has 0 atom stereocenters. The van der Waals surface area contributed by atoms with Crippen LogP contribution in [0.15, 0.2) is 23.2 Å². The van der Waals surface area contributed by atoms with Crippen LogP contribution in [0.25, 0.3) is 0 Å². The van der Waals surface area contributed by atoms with Gasteiger partial charge in [0.2, 0.25) is 5.75 Å². The minimum absolute atomic E-state index is 0.0867. The third-order valence-corrected chi connectivity index (χ3v) is 1.75. The summed E-state index contributed by atoms with van der Waals surface area (Å²) < 4.78 is 0. The summed E-state index contributed by atoms with van der Waals surface area (Å²) in [5.41, 5.74) is 0.0561. The number of nitro benzene ring substituents is 1. The van der Waals surface area contributed by atoms with Crippen molar-refractivity contribution in [1.82, 2.24) is 0 Å². The van der Waals surface area contributed by atoms with Crippen LogP contribution in [-0.4, -0.2) is 22.3 Å². The molecule has 0 saturated carbocycles. The maximum atomic E-state index is 10.5. The van der Waals surface area contributed by atoms with Crippen molar-refractivity contribution in [1.29, 1.82) is 0 Å². The van der Waals surface area contributed by atoms with Gasteiger partial charge in [0.05, 0.1) is 4.92 Å². The van der Waals surface area contributed by atoms with Crippen LogP contribution in [0.3, 0.4) is 0 Å². The Morgan fingerprint density at radius 3 is 2.73 bits per heavy atom. The first-order chi connectivity index (χ1) is 7.02. The summed E-state index contributed by atoms with van der Waals surface area (Å²) in [6.07, 6.45) is 1.44. The van der Waals surface area contributed by atoms with E-state index in [0.29, 0.717) is 5.56 Å². The van der Waals surface area contributed by atoms with Gasteiger partial charge >= 0.3 is 5.69 Å². The fraction of sp³-hybridized carbons (Fsp3) is 0.300. The number of hydrogen-bond acceptors (Lipinski definition) is 4. The summed E-state index contributed by atoms with van der Waals surface area (Å²) in [5.74, 6) is -0.341. The van der Waals surface area contributed by atoms with Crippen molar-refractivity contribution in [2.75, 3.05) is 0 Å². The molecule has 0 bridgehead atoms. The first-order valence-corrected chi connectivity index (χ1v) is 4.52. The quantitative estimate of drug-likeness (QED) is 0.469. The molecular formula is C10H12N2O3. The SMILES string of the molecule is CC(C)N=Cc1cccc([N+](=O)[O-])c1O. The van der Waals surface area contributed by atoms with Crippen molar-refractivity contribution < 1.29 is 10.0 Å². The van der Waals surface area contributed by atoms with E-state index in [1.165, 1.54) is 18.3 Å². The lowest BCUT2D eigenvalue weighted by molar-refractivity contribution is -0.385. The Morgan fingerprint density at radius 2 is 2.20 bits per heavy atom. The molecule has 0 radical (unpaired) electrons. The molecule has 0 aliphatic rings. The molecule has 1 aromatic rings. The molecule has 0 aliphatic carbocycles. The van der Waals surface area contributed by atoms with Crippen LogP contribution in [-0.2, 0) is 0 Å². The largest absolute Gasteiger partial charge is 0.502 e. The molecule has 1 aromatic carbocycles. The predicted octanol–water partition coefficient (Wildman–Crippen LogP) is 2.13. The second kappa shape index (κ2) is 4.54. The van der Waals surface area contributed by atoms with Gasteiger partial charge in [-0.1, -0.05) is 6.07 Å². The summed E-state index contributed by atoms with van der Waals surface area (Å²) in [7, 11) is 0. The van der Waals surface area contributed by atoms with Gasteiger partial charge in [-0.25, -0.2) is 0 Å². The van der Waals surface area contributed by atoms with Gasteiger partial charge in [0.1, 0.15) is 0 Å². The van der Waals surface area contributed by atoms with Gasteiger partial charge in [-0.05, 0) is 19.9 Å². The molecule has 0 amide bonds. The van der Waals surface area contributed by atoms with Gasteiger partial charge in [-0.3, -0.25) is 15.1 Å². The number of phenols is 1. The smallest absolute Gasteiger partial charge is 0.311 e. The van der Waals surface area contributed by atoms with Crippen LogP contribution in [0.4, 0.5) is 5.69 Å². The third-order valence-electron chi connectivity index (χ3n) is 1.75. The molecule has 0 saturated heterocycles. The Hall–Kier alpha value is -1.91. The third kappa shape index (κ3) is 2.77. The van der Waals surface area contributed by atoms with Crippen molar-refractivity contribution >= 4 is 11.9 Å². The van der Waals surface area contributed by atoms with E-state index < -0.39 is 4.92 Å². The van der Waals surface area contributed by atoms with E-state index in [1.807, 2.05) is 13.8 Å². The maximum Gasteiger partial charge on any atom is 0.311 e. The van der Waals surface area contributed by atoms with Crippen molar-refractivity contribution in [3.05, 3.63) is 33.9 Å². The summed E-state index contributed by atoms with van der Waals surface area (Å²) >= 11 is 0. The highest BCUT2D eigenvalue weighted by atomic mass is 16.6. The minimum atomic E-state index is -0.623. The summed E-state index contributed by atoms with van der Waals surface area (Å²) in [5, 5.41) is 20.1. The first-order valence-electron chi connectivity index (χ1n) is 4.52. The predicted molar refractivity (Wildman–Crippen MR) is 57.5 cm³/mol. The average Bonchev–Trinajstić information content (AvgIpc) is 2.15. The number of aliphatic imine (C=N–C) groups is 1. The second-order valence-corrected chi connectivity index (χ2v) is 3.34. The van der Waals surface area contributed by atoms with Crippen LogP contribution >= 0.6 is 0 Å². The monoisotopic (exact) mass is 208 g/mol. The molecule has 0 aromatic heterocycles. The molecule has 1 rings (SSSR count). The highest BCUT2D eigenvalue weighted by molar-refractivity contribution is 5.85. The van der Waals surface area contributed by atoms with Crippen molar-refractivity contribution in [2.24, 2.45) is 4.99 Å². The standard InChI is InChI=1S/C10H12N2O3/c1-7(2)11-6-8-4-3-5-9(10(8)13)12(14)15/h3-7,13H,1-2H3. The second-order valence-electron chi connectivity index (χ2n) is 3.34. The molecule has 5 heteroatoms. The Kier molecular flexibility index (Phi) is 3.38. The fourth-order valence-electron chi connectivity index (χ4n) is 1.03. The summed E-state index contributed by atoms with van der Waals surface area (Å²) in [6.45, 7) is 3.76. The number of rotatable bonds is 3. The molecule has 5 nitrogen and oxygen atoms in total. The van der Waals surface area contributed by atoms with Gasteiger partial charge < -0.3 is 5.11 Å². The van der Waals surface area contributed by atoms with E-state index in [2.05, 4.69) is 4.99 Å². The van der Waals surface area contributed by atoms with Crippen LogP contribution in [0.2, 0.25) is 0 Å². The number of phenolic OH excluding ortho intramolecular Hbond substituents is 1. The van der Waals surface area contributed by atoms with E-state index in [1.54, 1.807) is 6.07 Å². The Bertz CT molecular complexity index is 400. The molecule has 80 valence electrons. The molecular weight excluding hydrogens is 196 g/mol. The normalized spacial score (nSPS) is 11.1. The molecule has 1 N–H and O–H groups in total. The lowest BCUT2D eigenvalue weighted by atomic mass is 10.2. The molecule has 15 heavy (non-hydrogen) atoms. The Morgan fingerprint density at radius 1 is 1.53 bits per heavy atom. The number of nitro groups is 1. The fourth-order valence-corrected chi connectivity index (χ4v) is 1.03. The maximum absolute atomic E-state index is 10.5. The van der Waals surface area contributed by atoms with E-state index in [4.69, 9.17) is 0 Å². The zero-order chi connectivity index (χ0) is 11.4. The lowest BCUT2D eigenvalue weighted by Crippen LogP contribution is -1.94. The van der Waals surface area contributed by atoms with Crippen molar-refractivity contribution in [2.45, 2.75) is 19.9 Å². The average molecular weight is 208 g/mol. The summed E-state index contributed by atoms with van der Waals surface area (Å²) in [6, 6.07) is 4.43. The van der Waals surface area contributed by atoms with Gasteiger partial charge in [0.25, 0.3) is 0 Å². The number of aromatic hydroxyl groups is 1. The molecule has 0 heterocycles. The number of nitrogens with zero attached hydrogens (tertiary/aromatic N) is 2. The van der Waals surface area contributed by atoms with Crippen molar-refractivity contribution in [3.63, 3.8) is 0 Å². The van der Waals surface area contributed by atoms with Gasteiger partial charge in [0.15, 0.2) is 0 Å². The molecule has 0 aliphatic heterocycles. The van der Waals surface area contributed by atoms with E-state index in [9.17, 15) is 15.2 Å². The molecule has 0 spiro atoms. The van der Waals surface area contributed by atoms with Gasteiger partial charge in [0, 0.05) is 23.9 Å². The lowest BCUT2D eigenvalue weighted by Gasteiger charge is -2.00. The van der Waals surface area contributed by atoms with Crippen LogP contribution in [0, 0.1) is 10.1 Å². The zero-order valence-corrected chi connectivity index (χ0v) is 8.54. The van der Waals surface area contributed by atoms with Crippen molar-refractivity contribution in [3.8, 4) is 5.75 Å². The topological polar surface area (TPSA) is 75.7 Å².